The van der Waals surface area contributed by atoms with Crippen molar-refractivity contribution >= 4 is 33.4 Å². The lowest BCUT2D eigenvalue weighted by Crippen LogP contribution is -2.34. The molecule has 0 saturated carbocycles. The van der Waals surface area contributed by atoms with E-state index in [1.807, 2.05) is 13.8 Å². The van der Waals surface area contributed by atoms with Gasteiger partial charge in [0.25, 0.3) is 17.4 Å². The van der Waals surface area contributed by atoms with E-state index in [-0.39, 0.29) is 23.9 Å². The van der Waals surface area contributed by atoms with Crippen LogP contribution in [0.4, 0.5) is 0 Å². The van der Waals surface area contributed by atoms with Gasteiger partial charge in [-0.05, 0) is 51.1 Å². The number of aryl methyl sites for hydroxylation is 2. The quantitative estimate of drug-likeness (QED) is 0.488. The van der Waals surface area contributed by atoms with Gasteiger partial charge in [-0.15, -0.1) is 11.3 Å². The minimum atomic E-state index is -0.265. The molecule has 2 amide bonds. The fourth-order valence-electron chi connectivity index (χ4n) is 4.20. The van der Waals surface area contributed by atoms with Gasteiger partial charge in [0.15, 0.2) is 0 Å². The molecule has 0 spiro atoms. The maximum atomic E-state index is 13.4. The van der Waals surface area contributed by atoms with Crippen molar-refractivity contribution < 1.29 is 9.59 Å². The Morgan fingerprint density at radius 1 is 0.969 bits per heavy atom. The third-order valence-electron chi connectivity index (χ3n) is 6.27. The highest BCUT2D eigenvalue weighted by Gasteiger charge is 2.34. The van der Waals surface area contributed by atoms with Gasteiger partial charge < -0.3 is 0 Å². The molecule has 0 atom stereocenters. The molecule has 7 nitrogen and oxygen atoms in total. The summed E-state index contributed by atoms with van der Waals surface area (Å²) < 4.78 is 1.73. The van der Waals surface area contributed by atoms with Crippen molar-refractivity contribution in [3.05, 3.63) is 62.0 Å². The molecule has 0 radical (unpaired) electrons. The first-order valence-corrected chi connectivity index (χ1v) is 11.9. The standard InChI is InChI=1S/C24H28N4O3S/c1-5-26(6-2)14-19-25-21-20(15(3)16(4)32-21)24(31)27(19)12-9-13-28-22(29)17-10-7-8-11-18(17)23(28)30/h7-8,10-11H,5-6,9,12-14H2,1-4H3. The minimum absolute atomic E-state index is 0.0404. The van der Waals surface area contributed by atoms with E-state index in [9.17, 15) is 14.4 Å². The van der Waals surface area contributed by atoms with Crippen LogP contribution in [0.1, 0.15) is 57.2 Å². The molecule has 0 unspecified atom stereocenters. The maximum Gasteiger partial charge on any atom is 0.262 e. The number of fused-ring (bicyclic) bond motifs is 2. The average molecular weight is 453 g/mol. The zero-order chi connectivity index (χ0) is 23.0. The maximum absolute atomic E-state index is 13.4. The fourth-order valence-corrected chi connectivity index (χ4v) is 5.24. The Morgan fingerprint density at radius 3 is 2.19 bits per heavy atom. The third kappa shape index (κ3) is 3.78. The number of hydrogen-bond donors (Lipinski definition) is 0. The molecule has 4 rings (SSSR count). The highest BCUT2D eigenvalue weighted by atomic mass is 32.1. The summed E-state index contributed by atoms with van der Waals surface area (Å²) in [6.07, 6.45) is 0.492. The first kappa shape index (κ1) is 22.4. The number of imide groups is 1. The Balaban J connectivity index is 1.61. The van der Waals surface area contributed by atoms with Crippen LogP contribution in [-0.2, 0) is 13.1 Å². The van der Waals surface area contributed by atoms with Gasteiger partial charge >= 0.3 is 0 Å². The lowest BCUT2D eigenvalue weighted by Gasteiger charge is -2.21. The van der Waals surface area contributed by atoms with E-state index in [4.69, 9.17) is 4.98 Å². The Labute approximate surface area is 191 Å². The van der Waals surface area contributed by atoms with Gasteiger partial charge in [-0.1, -0.05) is 26.0 Å². The number of aromatic nitrogens is 2. The zero-order valence-electron chi connectivity index (χ0n) is 19.0. The van der Waals surface area contributed by atoms with Crippen molar-refractivity contribution in [2.75, 3.05) is 19.6 Å². The molecule has 32 heavy (non-hydrogen) atoms. The Kier molecular flexibility index (Phi) is 6.26. The lowest BCUT2D eigenvalue weighted by molar-refractivity contribution is 0.0650. The molecule has 0 bridgehead atoms. The lowest BCUT2D eigenvalue weighted by atomic mass is 10.1. The molecule has 0 saturated heterocycles. The zero-order valence-corrected chi connectivity index (χ0v) is 19.8. The summed E-state index contributed by atoms with van der Waals surface area (Å²) in [5, 5.41) is 0.677. The van der Waals surface area contributed by atoms with Crippen LogP contribution >= 0.6 is 11.3 Å². The summed E-state index contributed by atoms with van der Waals surface area (Å²) in [5.74, 6) is 0.202. The monoisotopic (exact) mass is 452 g/mol. The molecule has 3 heterocycles. The predicted molar refractivity (Wildman–Crippen MR) is 126 cm³/mol. The second-order valence-electron chi connectivity index (χ2n) is 8.07. The Morgan fingerprint density at radius 2 is 1.59 bits per heavy atom. The molecule has 0 aliphatic carbocycles. The van der Waals surface area contributed by atoms with E-state index < -0.39 is 0 Å². The highest BCUT2D eigenvalue weighted by molar-refractivity contribution is 7.18. The van der Waals surface area contributed by atoms with Gasteiger partial charge in [-0.2, -0.15) is 0 Å². The number of amides is 2. The van der Waals surface area contributed by atoms with E-state index >= 15 is 0 Å². The largest absolute Gasteiger partial charge is 0.297 e. The SMILES string of the molecule is CCN(CC)Cc1nc2sc(C)c(C)c2c(=O)n1CCCN1C(=O)c2ccccc2C1=O. The van der Waals surface area contributed by atoms with Gasteiger partial charge in [0.2, 0.25) is 0 Å². The van der Waals surface area contributed by atoms with Crippen molar-refractivity contribution in [2.24, 2.45) is 0 Å². The number of carbonyl (C=O) groups is 2. The summed E-state index contributed by atoms with van der Waals surface area (Å²) in [5.41, 5.74) is 1.83. The smallest absolute Gasteiger partial charge is 0.262 e. The normalized spacial score (nSPS) is 13.6. The summed E-state index contributed by atoms with van der Waals surface area (Å²) in [6, 6.07) is 6.89. The van der Waals surface area contributed by atoms with Gasteiger partial charge in [-0.25, -0.2) is 4.98 Å². The van der Waals surface area contributed by atoms with Crippen LogP contribution in [0, 0.1) is 13.8 Å². The number of benzene rings is 1. The average Bonchev–Trinajstić information content (AvgIpc) is 3.21. The molecule has 3 aromatic rings. The van der Waals surface area contributed by atoms with Crippen LogP contribution in [-0.4, -0.2) is 50.8 Å². The van der Waals surface area contributed by atoms with Gasteiger partial charge in [-0.3, -0.25) is 28.8 Å². The molecule has 1 aromatic carbocycles. The number of carbonyl (C=O) groups excluding carboxylic acids is 2. The first-order valence-electron chi connectivity index (χ1n) is 11.0. The van der Waals surface area contributed by atoms with Crippen LogP contribution in [0.3, 0.4) is 0 Å². The molecule has 0 N–H and O–H groups in total. The number of nitrogens with zero attached hydrogens (tertiary/aromatic N) is 4. The van der Waals surface area contributed by atoms with Crippen LogP contribution in [0.5, 0.6) is 0 Å². The Bertz CT molecular complexity index is 1220. The fraction of sp³-hybridized carbons (Fsp3) is 0.417. The van der Waals surface area contributed by atoms with Crippen molar-refractivity contribution in [1.29, 1.82) is 0 Å². The second-order valence-corrected chi connectivity index (χ2v) is 9.27. The van der Waals surface area contributed by atoms with Crippen molar-refractivity contribution in [1.82, 2.24) is 19.4 Å². The Hall–Kier alpha value is -2.84. The molecular weight excluding hydrogens is 424 g/mol. The highest BCUT2D eigenvalue weighted by Crippen LogP contribution is 2.27. The van der Waals surface area contributed by atoms with Crippen molar-refractivity contribution in [3.63, 3.8) is 0 Å². The van der Waals surface area contributed by atoms with Crippen LogP contribution in [0.25, 0.3) is 10.2 Å². The van der Waals surface area contributed by atoms with Crippen LogP contribution in [0.15, 0.2) is 29.1 Å². The number of thiophene rings is 1. The third-order valence-corrected chi connectivity index (χ3v) is 7.37. The van der Waals surface area contributed by atoms with Gasteiger partial charge in [0, 0.05) is 18.0 Å². The molecular formula is C24H28N4O3S. The summed E-state index contributed by atoms with van der Waals surface area (Å²) in [7, 11) is 0. The second kappa shape index (κ2) is 8.96. The summed E-state index contributed by atoms with van der Waals surface area (Å²) in [4.78, 5) is 49.0. The van der Waals surface area contributed by atoms with E-state index in [0.29, 0.717) is 36.0 Å². The number of hydrogen-bond acceptors (Lipinski definition) is 6. The van der Waals surface area contributed by atoms with Crippen molar-refractivity contribution in [2.45, 2.75) is 47.2 Å². The number of rotatable bonds is 8. The molecule has 1 aliphatic rings. The topological polar surface area (TPSA) is 75.5 Å². The summed E-state index contributed by atoms with van der Waals surface area (Å²) in [6.45, 7) is 11.1. The van der Waals surface area contributed by atoms with E-state index in [1.54, 1.807) is 40.2 Å². The molecule has 0 fully saturated rings. The predicted octanol–water partition coefficient (Wildman–Crippen LogP) is 3.60. The van der Waals surface area contributed by atoms with E-state index in [2.05, 4.69) is 18.7 Å². The molecule has 168 valence electrons. The molecule has 8 heteroatoms. The first-order chi connectivity index (χ1) is 15.4. The van der Waals surface area contributed by atoms with E-state index in [1.165, 1.54) is 4.90 Å². The molecule has 2 aromatic heterocycles. The van der Waals surface area contributed by atoms with Crippen LogP contribution in [0.2, 0.25) is 0 Å². The summed E-state index contributed by atoms with van der Waals surface area (Å²) >= 11 is 1.56. The van der Waals surface area contributed by atoms with Crippen LogP contribution < -0.4 is 5.56 Å². The van der Waals surface area contributed by atoms with Crippen molar-refractivity contribution in [3.8, 4) is 0 Å². The van der Waals surface area contributed by atoms with Gasteiger partial charge in [0.05, 0.1) is 23.1 Å². The van der Waals surface area contributed by atoms with Gasteiger partial charge in [0.1, 0.15) is 10.7 Å². The van der Waals surface area contributed by atoms with E-state index in [0.717, 1.165) is 34.2 Å². The molecule has 1 aliphatic heterocycles. The minimum Gasteiger partial charge on any atom is -0.297 e.